The van der Waals surface area contributed by atoms with Crippen LogP contribution < -0.4 is 5.73 Å². The molecule has 7 nitrogen and oxygen atoms in total. The number of aromatic nitrogens is 3. The highest BCUT2D eigenvalue weighted by Gasteiger charge is 2.12. The second-order valence-electron chi connectivity index (χ2n) is 7.60. The predicted octanol–water partition coefficient (Wildman–Crippen LogP) is 8.16. The number of benzene rings is 3. The summed E-state index contributed by atoms with van der Waals surface area (Å²) in [5, 5.41) is 17.1. The van der Waals surface area contributed by atoms with Crippen LogP contribution in [-0.4, -0.2) is 19.9 Å². The second kappa shape index (κ2) is 11.8. The Morgan fingerprint density at radius 3 is 1.73 bits per heavy atom. The molecule has 0 aliphatic heterocycles. The number of nitrogens with two attached hydrogens (primary N) is 1. The van der Waals surface area contributed by atoms with Crippen molar-refractivity contribution in [1.82, 2.24) is 15.0 Å². The number of non-ortho nitro benzene ring substituents is 1. The predicted molar refractivity (Wildman–Crippen MR) is 151 cm³/mol. The van der Waals surface area contributed by atoms with E-state index in [-0.39, 0.29) is 10.8 Å². The van der Waals surface area contributed by atoms with Crippen LogP contribution in [-0.2, 0) is 0 Å². The lowest BCUT2D eigenvalue weighted by Crippen LogP contribution is -1.89. The maximum Gasteiger partial charge on any atom is 0.277 e. The van der Waals surface area contributed by atoms with Crippen molar-refractivity contribution in [2.75, 3.05) is 5.73 Å². The molecule has 0 aliphatic rings. The van der Waals surface area contributed by atoms with Gasteiger partial charge in [0.15, 0.2) is 0 Å². The number of hydrogen-bond donors (Lipinski definition) is 1. The van der Waals surface area contributed by atoms with E-state index >= 15 is 0 Å². The van der Waals surface area contributed by atoms with E-state index < -0.39 is 4.92 Å². The molecule has 10 heteroatoms. The van der Waals surface area contributed by atoms with Gasteiger partial charge < -0.3 is 5.73 Å². The van der Waals surface area contributed by atoms with Gasteiger partial charge in [-0.2, -0.15) is 0 Å². The SMILES string of the molecule is Clc1nccc2ccccc12.Nc1cccc2c(Cl)nccc12.O=[N+]([O-])c1cccc2c(Cl)nccc12. The molecule has 6 aromatic rings. The van der Waals surface area contributed by atoms with Gasteiger partial charge in [0.2, 0.25) is 0 Å². The first kappa shape index (κ1) is 26.0. The van der Waals surface area contributed by atoms with Gasteiger partial charge in [0, 0.05) is 51.9 Å². The number of hydrogen-bond acceptors (Lipinski definition) is 6. The Balaban J connectivity index is 0.000000131. The number of nitro benzene ring substituents is 1. The van der Waals surface area contributed by atoms with E-state index in [0.29, 0.717) is 21.1 Å². The van der Waals surface area contributed by atoms with Crippen LogP contribution >= 0.6 is 34.8 Å². The standard InChI is InChI=1S/C9H5ClN2O2.C9H7ClN2.C9H6ClN/c10-9-7-2-1-3-8(12(13)14)6(7)4-5-11-9;10-9-7-2-1-3-8(11)6(7)4-5-12-9;10-9-8-4-2-1-3-7(8)5-6-11-9/h1-5H;1-5H,11H2;1-6H. The van der Waals surface area contributed by atoms with Gasteiger partial charge in [-0.15, -0.1) is 0 Å². The fraction of sp³-hybridized carbons (Fsp3) is 0. The van der Waals surface area contributed by atoms with Crippen LogP contribution in [0.5, 0.6) is 0 Å². The van der Waals surface area contributed by atoms with Gasteiger partial charge in [0.05, 0.1) is 10.3 Å². The minimum atomic E-state index is -0.432. The maximum atomic E-state index is 10.7. The number of pyridine rings is 3. The molecule has 6 rings (SSSR count). The summed E-state index contributed by atoms with van der Waals surface area (Å²) in [6, 6.07) is 23.7. The third kappa shape index (κ3) is 6.03. The zero-order valence-corrected chi connectivity index (χ0v) is 21.3. The highest BCUT2D eigenvalue weighted by atomic mass is 35.5. The fourth-order valence-corrected chi connectivity index (χ4v) is 4.26. The molecule has 3 aromatic heterocycles. The molecule has 0 saturated carbocycles. The Morgan fingerprint density at radius 2 is 1.11 bits per heavy atom. The van der Waals surface area contributed by atoms with Crippen molar-refractivity contribution in [3.63, 3.8) is 0 Å². The van der Waals surface area contributed by atoms with Crippen molar-refractivity contribution < 1.29 is 4.92 Å². The number of anilines is 1. The van der Waals surface area contributed by atoms with Crippen molar-refractivity contribution in [3.05, 3.63) is 123 Å². The number of nitrogens with zero attached hydrogens (tertiary/aromatic N) is 4. The number of nitro groups is 1. The molecular weight excluding hydrogens is 533 g/mol. The van der Waals surface area contributed by atoms with E-state index in [9.17, 15) is 10.1 Å². The van der Waals surface area contributed by atoms with E-state index in [0.717, 1.165) is 27.2 Å². The van der Waals surface area contributed by atoms with Crippen LogP contribution in [0, 0.1) is 10.1 Å². The van der Waals surface area contributed by atoms with Crippen LogP contribution in [0.4, 0.5) is 11.4 Å². The molecule has 0 saturated heterocycles. The van der Waals surface area contributed by atoms with Gasteiger partial charge in [0.25, 0.3) is 5.69 Å². The van der Waals surface area contributed by atoms with Gasteiger partial charge in [-0.05, 0) is 29.7 Å². The minimum Gasteiger partial charge on any atom is -0.398 e. The van der Waals surface area contributed by atoms with Crippen LogP contribution in [0.3, 0.4) is 0 Å². The summed E-state index contributed by atoms with van der Waals surface area (Å²) < 4.78 is 0. The molecule has 0 atom stereocenters. The first-order chi connectivity index (χ1) is 17.9. The molecule has 0 amide bonds. The van der Waals surface area contributed by atoms with E-state index in [1.807, 2.05) is 54.6 Å². The van der Waals surface area contributed by atoms with Crippen molar-refractivity contribution >= 4 is 78.5 Å². The Kier molecular flexibility index (Phi) is 8.30. The summed E-state index contributed by atoms with van der Waals surface area (Å²) in [5.74, 6) is 0. The number of fused-ring (bicyclic) bond motifs is 3. The summed E-state index contributed by atoms with van der Waals surface area (Å²) in [4.78, 5) is 22.0. The third-order valence-electron chi connectivity index (χ3n) is 5.35. The molecule has 0 fully saturated rings. The minimum absolute atomic E-state index is 0.0480. The molecule has 0 aliphatic carbocycles. The topological polar surface area (TPSA) is 108 Å². The fourth-order valence-electron chi connectivity index (χ4n) is 3.59. The zero-order valence-electron chi connectivity index (χ0n) is 19.1. The molecule has 184 valence electrons. The Bertz CT molecular complexity index is 1680. The van der Waals surface area contributed by atoms with Gasteiger partial charge in [-0.25, -0.2) is 15.0 Å². The third-order valence-corrected chi connectivity index (χ3v) is 6.25. The molecule has 2 N–H and O–H groups in total. The van der Waals surface area contributed by atoms with Crippen molar-refractivity contribution in [1.29, 1.82) is 0 Å². The highest BCUT2D eigenvalue weighted by Crippen LogP contribution is 2.28. The average molecular weight is 551 g/mol. The number of rotatable bonds is 1. The summed E-state index contributed by atoms with van der Waals surface area (Å²) >= 11 is 17.5. The zero-order chi connectivity index (χ0) is 26.4. The van der Waals surface area contributed by atoms with E-state index in [1.54, 1.807) is 30.6 Å². The number of halogens is 3. The van der Waals surface area contributed by atoms with E-state index in [2.05, 4.69) is 15.0 Å². The Labute approximate surface area is 226 Å². The summed E-state index contributed by atoms with van der Waals surface area (Å²) in [6.45, 7) is 0. The van der Waals surface area contributed by atoms with Crippen LogP contribution in [0.15, 0.2) is 97.5 Å². The smallest absolute Gasteiger partial charge is 0.277 e. The molecule has 3 aromatic carbocycles. The quantitative estimate of drug-likeness (QED) is 0.0957. The molecule has 37 heavy (non-hydrogen) atoms. The largest absolute Gasteiger partial charge is 0.398 e. The Morgan fingerprint density at radius 1 is 0.595 bits per heavy atom. The molecular formula is C27H18Cl3N5O2. The first-order valence-corrected chi connectivity index (χ1v) is 12.0. The van der Waals surface area contributed by atoms with Crippen LogP contribution in [0.2, 0.25) is 15.5 Å². The van der Waals surface area contributed by atoms with Crippen molar-refractivity contribution in [2.45, 2.75) is 0 Å². The normalized spacial score (nSPS) is 10.4. The number of nitrogen functional groups attached to an aromatic ring is 1. The first-order valence-electron chi connectivity index (χ1n) is 10.8. The molecule has 3 heterocycles. The van der Waals surface area contributed by atoms with E-state index in [1.165, 1.54) is 12.3 Å². The molecule has 0 unspecified atom stereocenters. The van der Waals surface area contributed by atoms with Gasteiger partial charge >= 0.3 is 0 Å². The van der Waals surface area contributed by atoms with E-state index in [4.69, 9.17) is 40.5 Å². The summed E-state index contributed by atoms with van der Waals surface area (Å²) in [5.41, 5.74) is 6.52. The summed E-state index contributed by atoms with van der Waals surface area (Å²) in [6.07, 6.45) is 4.82. The molecule has 0 bridgehead atoms. The molecule has 0 radical (unpaired) electrons. The monoisotopic (exact) mass is 549 g/mol. The maximum absolute atomic E-state index is 10.7. The average Bonchev–Trinajstić information content (AvgIpc) is 2.90. The van der Waals surface area contributed by atoms with Crippen LogP contribution in [0.25, 0.3) is 32.3 Å². The second-order valence-corrected chi connectivity index (χ2v) is 8.67. The van der Waals surface area contributed by atoms with Crippen molar-refractivity contribution in [2.24, 2.45) is 0 Å². The van der Waals surface area contributed by atoms with Gasteiger partial charge in [0.1, 0.15) is 15.5 Å². The van der Waals surface area contributed by atoms with Crippen molar-refractivity contribution in [3.8, 4) is 0 Å². The Hall–Kier alpha value is -4.04. The lowest BCUT2D eigenvalue weighted by molar-refractivity contribution is -0.383. The lowest BCUT2D eigenvalue weighted by atomic mass is 10.1. The summed E-state index contributed by atoms with van der Waals surface area (Å²) in [7, 11) is 0. The lowest BCUT2D eigenvalue weighted by Gasteiger charge is -2.01. The molecule has 0 spiro atoms. The van der Waals surface area contributed by atoms with Gasteiger partial charge in [-0.1, -0.05) is 83.3 Å². The van der Waals surface area contributed by atoms with Crippen LogP contribution in [0.1, 0.15) is 0 Å². The van der Waals surface area contributed by atoms with Gasteiger partial charge in [-0.3, -0.25) is 10.1 Å². The highest BCUT2D eigenvalue weighted by molar-refractivity contribution is 6.35.